The number of amides is 1. The van der Waals surface area contributed by atoms with Gasteiger partial charge >= 0.3 is 11.9 Å². The fourth-order valence-electron chi connectivity index (χ4n) is 4.18. The fraction of sp³-hybridized carbons (Fsp3) is 0.640. The third-order valence-corrected chi connectivity index (χ3v) is 5.98. The normalized spacial score (nSPS) is 16.7. The summed E-state index contributed by atoms with van der Waals surface area (Å²) < 4.78 is 10.5. The van der Waals surface area contributed by atoms with Crippen LogP contribution in [0.25, 0.3) is 0 Å². The monoisotopic (exact) mass is 507 g/mol. The van der Waals surface area contributed by atoms with Gasteiger partial charge in [0.2, 0.25) is 5.91 Å². The summed E-state index contributed by atoms with van der Waals surface area (Å²) in [6.07, 6.45) is 4.03. The van der Waals surface area contributed by atoms with E-state index < -0.39 is 35.2 Å². The van der Waals surface area contributed by atoms with Crippen molar-refractivity contribution in [2.45, 2.75) is 76.9 Å². The maximum Gasteiger partial charge on any atom is 0.328 e. The highest BCUT2D eigenvalue weighted by molar-refractivity contribution is 5.88. The zero-order valence-corrected chi connectivity index (χ0v) is 21.1. The summed E-state index contributed by atoms with van der Waals surface area (Å²) in [6, 6.07) is 7.95. The van der Waals surface area contributed by atoms with E-state index in [2.05, 4.69) is 10.2 Å². The molecule has 3 atom stereocenters. The molecule has 0 radical (unpaired) electrons. The first-order chi connectivity index (χ1) is 17.3. The first-order valence-electron chi connectivity index (χ1n) is 12.5. The lowest BCUT2D eigenvalue weighted by Gasteiger charge is -2.28. The summed E-state index contributed by atoms with van der Waals surface area (Å²) >= 11 is 0. The number of likely N-dealkylation sites (tertiary alicyclic amines) is 1. The number of nitrogens with one attached hydrogen (secondary N) is 1. The molecule has 1 aromatic rings. The van der Waals surface area contributed by atoms with Crippen LogP contribution in [-0.2, 0) is 35.1 Å². The summed E-state index contributed by atoms with van der Waals surface area (Å²) in [6.45, 7) is 4.13. The number of nitrogens with zero attached hydrogens (tertiary/aromatic N) is 2. The van der Waals surface area contributed by atoms with Gasteiger partial charge in [-0.05, 0) is 64.4 Å². The average Bonchev–Trinajstić information content (AvgIpc) is 3.35. The Bertz CT molecular complexity index is 851. The number of benzene rings is 1. The number of rotatable bonds is 16. The Morgan fingerprint density at radius 3 is 2.56 bits per heavy atom. The van der Waals surface area contributed by atoms with Gasteiger partial charge in [0, 0.05) is 6.54 Å². The highest BCUT2D eigenvalue weighted by atomic mass is 16.9. The fourth-order valence-corrected chi connectivity index (χ4v) is 4.18. The Hall–Kier alpha value is -3.21. The molecule has 0 saturated carbocycles. The van der Waals surface area contributed by atoms with Crippen LogP contribution in [0.5, 0.6) is 0 Å². The van der Waals surface area contributed by atoms with Crippen LogP contribution in [0.3, 0.4) is 0 Å². The van der Waals surface area contributed by atoms with Crippen molar-refractivity contribution in [2.75, 3.05) is 26.4 Å². The topological polar surface area (TPSA) is 137 Å². The molecular weight excluding hydrogens is 470 g/mol. The van der Waals surface area contributed by atoms with Crippen LogP contribution in [-0.4, -0.2) is 72.3 Å². The van der Waals surface area contributed by atoms with Crippen molar-refractivity contribution in [1.82, 2.24) is 10.2 Å². The SMILES string of the molecule is CCOC(=O)C(CCCc1ccccc1)NC(C)C(=O)N1CCCC1C(=O)OCCCCO[N+](=O)[O-]. The number of unbranched alkanes of at least 4 members (excludes halogenated alkanes) is 1. The molecule has 1 saturated heterocycles. The van der Waals surface area contributed by atoms with Gasteiger partial charge in [-0.2, -0.15) is 0 Å². The smallest absolute Gasteiger partial charge is 0.328 e. The number of hydrogen-bond acceptors (Lipinski definition) is 9. The zero-order valence-electron chi connectivity index (χ0n) is 21.1. The van der Waals surface area contributed by atoms with Crippen molar-refractivity contribution in [3.05, 3.63) is 46.0 Å². The molecule has 0 aliphatic carbocycles. The highest BCUT2D eigenvalue weighted by Crippen LogP contribution is 2.20. The van der Waals surface area contributed by atoms with Crippen molar-refractivity contribution in [3.8, 4) is 0 Å². The zero-order chi connectivity index (χ0) is 26.3. The van der Waals surface area contributed by atoms with E-state index in [1.54, 1.807) is 13.8 Å². The number of esters is 2. The Balaban J connectivity index is 1.86. The molecule has 1 heterocycles. The van der Waals surface area contributed by atoms with E-state index in [4.69, 9.17) is 9.47 Å². The second-order valence-corrected chi connectivity index (χ2v) is 8.69. The van der Waals surface area contributed by atoms with Gasteiger partial charge in [-0.3, -0.25) is 14.9 Å². The molecule has 1 aromatic carbocycles. The lowest BCUT2D eigenvalue weighted by Crippen LogP contribution is -2.53. The van der Waals surface area contributed by atoms with E-state index in [1.165, 1.54) is 10.5 Å². The van der Waals surface area contributed by atoms with Crippen LogP contribution in [0.4, 0.5) is 0 Å². The van der Waals surface area contributed by atoms with E-state index in [0.717, 1.165) is 12.8 Å². The molecular formula is C25H37N3O8. The number of ether oxygens (including phenoxy) is 2. The van der Waals surface area contributed by atoms with Gasteiger partial charge in [0.15, 0.2) is 0 Å². The molecule has 36 heavy (non-hydrogen) atoms. The maximum absolute atomic E-state index is 13.2. The van der Waals surface area contributed by atoms with E-state index >= 15 is 0 Å². The minimum atomic E-state index is -0.862. The number of aryl methyl sites for hydroxylation is 1. The Morgan fingerprint density at radius 2 is 1.86 bits per heavy atom. The van der Waals surface area contributed by atoms with Crippen molar-refractivity contribution < 1.29 is 33.8 Å². The molecule has 1 N–H and O–H groups in total. The minimum absolute atomic E-state index is 0.0608. The minimum Gasteiger partial charge on any atom is -0.465 e. The summed E-state index contributed by atoms with van der Waals surface area (Å²) in [5.41, 5.74) is 1.17. The molecule has 11 heteroatoms. The van der Waals surface area contributed by atoms with Gasteiger partial charge in [-0.25, -0.2) is 4.79 Å². The predicted molar refractivity (Wildman–Crippen MR) is 130 cm³/mol. The second-order valence-electron chi connectivity index (χ2n) is 8.69. The Kier molecular flexibility index (Phi) is 12.7. The van der Waals surface area contributed by atoms with Crippen molar-refractivity contribution in [1.29, 1.82) is 0 Å². The molecule has 1 fully saturated rings. The molecule has 0 aromatic heterocycles. The molecule has 1 aliphatic heterocycles. The number of hydrogen-bond donors (Lipinski definition) is 1. The van der Waals surface area contributed by atoms with Gasteiger partial charge in [0.1, 0.15) is 12.1 Å². The standard InChI is InChI=1S/C25H37N3O8/c1-3-34-24(30)21(14-9-13-20-11-5-4-6-12-20)26-19(2)23(29)27-16-10-15-22(27)25(31)35-17-7-8-18-36-28(32)33/h4-6,11-12,19,21-22,26H,3,7-10,13-18H2,1-2H3. The van der Waals surface area contributed by atoms with Crippen LogP contribution in [0, 0.1) is 10.1 Å². The third-order valence-electron chi connectivity index (χ3n) is 5.98. The molecule has 2 rings (SSSR count). The predicted octanol–water partition coefficient (Wildman–Crippen LogP) is 2.44. The van der Waals surface area contributed by atoms with Crippen LogP contribution >= 0.6 is 0 Å². The molecule has 0 spiro atoms. The summed E-state index contributed by atoms with van der Waals surface area (Å²) in [4.78, 5) is 54.1. The van der Waals surface area contributed by atoms with E-state index in [1.807, 2.05) is 30.3 Å². The summed E-state index contributed by atoms with van der Waals surface area (Å²) in [7, 11) is 0. The van der Waals surface area contributed by atoms with E-state index in [0.29, 0.717) is 38.6 Å². The van der Waals surface area contributed by atoms with Gasteiger partial charge < -0.3 is 19.2 Å². The first kappa shape index (κ1) is 29.0. The summed E-state index contributed by atoms with van der Waals surface area (Å²) in [5, 5.41) is 12.4. The first-order valence-corrected chi connectivity index (χ1v) is 12.5. The van der Waals surface area contributed by atoms with Gasteiger partial charge in [-0.1, -0.05) is 30.3 Å². The number of carbonyl (C=O) groups is 3. The van der Waals surface area contributed by atoms with Crippen LogP contribution < -0.4 is 5.32 Å². The quantitative estimate of drug-likeness (QED) is 0.155. The van der Waals surface area contributed by atoms with Gasteiger partial charge in [0.25, 0.3) is 5.09 Å². The Morgan fingerprint density at radius 1 is 1.14 bits per heavy atom. The van der Waals surface area contributed by atoms with Crippen molar-refractivity contribution in [3.63, 3.8) is 0 Å². The third kappa shape index (κ3) is 9.80. The summed E-state index contributed by atoms with van der Waals surface area (Å²) in [5.74, 6) is -1.16. The van der Waals surface area contributed by atoms with Crippen molar-refractivity contribution >= 4 is 17.8 Å². The second kappa shape index (κ2) is 15.7. The molecule has 3 unspecified atom stereocenters. The molecule has 0 bridgehead atoms. The molecule has 1 aliphatic rings. The van der Waals surface area contributed by atoms with Gasteiger partial charge in [-0.15, -0.1) is 10.1 Å². The molecule has 11 nitrogen and oxygen atoms in total. The van der Waals surface area contributed by atoms with Crippen LogP contribution in [0.1, 0.15) is 57.9 Å². The van der Waals surface area contributed by atoms with Crippen LogP contribution in [0.2, 0.25) is 0 Å². The van der Waals surface area contributed by atoms with E-state index in [9.17, 15) is 24.5 Å². The van der Waals surface area contributed by atoms with Crippen molar-refractivity contribution in [2.24, 2.45) is 0 Å². The largest absolute Gasteiger partial charge is 0.465 e. The lowest BCUT2D eigenvalue weighted by atomic mass is 10.0. The highest BCUT2D eigenvalue weighted by Gasteiger charge is 2.37. The van der Waals surface area contributed by atoms with Crippen LogP contribution in [0.15, 0.2) is 30.3 Å². The lowest BCUT2D eigenvalue weighted by molar-refractivity contribution is -0.757. The van der Waals surface area contributed by atoms with E-state index in [-0.39, 0.29) is 25.7 Å². The molecule has 1 amide bonds. The maximum atomic E-state index is 13.2. The average molecular weight is 508 g/mol. The number of carbonyl (C=O) groups excluding carboxylic acids is 3. The van der Waals surface area contributed by atoms with Gasteiger partial charge in [0.05, 0.1) is 25.9 Å². The molecule has 200 valence electrons. The Labute approximate surface area is 211 Å².